The molecule has 1 aliphatic heterocycles. The summed E-state index contributed by atoms with van der Waals surface area (Å²) in [6.45, 7) is 2.87. The molecule has 0 radical (unpaired) electrons. The van der Waals surface area contributed by atoms with Crippen LogP contribution in [-0.4, -0.2) is 63.7 Å². The number of benzene rings is 1. The number of aliphatic imine (C=N–C) groups is 1. The fourth-order valence-electron chi connectivity index (χ4n) is 3.52. The third-order valence-electron chi connectivity index (χ3n) is 5.07. The number of aryl methyl sites for hydroxylation is 1. The molecule has 1 unspecified atom stereocenters. The zero-order chi connectivity index (χ0) is 20.9. The van der Waals surface area contributed by atoms with Crippen molar-refractivity contribution in [2.45, 2.75) is 12.5 Å². The summed E-state index contributed by atoms with van der Waals surface area (Å²) in [6.07, 6.45) is 6.46. The lowest BCUT2D eigenvalue weighted by Gasteiger charge is -2.34. The molecule has 0 saturated carbocycles. The van der Waals surface area contributed by atoms with E-state index in [1.54, 1.807) is 28.5 Å². The van der Waals surface area contributed by atoms with Gasteiger partial charge < -0.3 is 15.0 Å². The van der Waals surface area contributed by atoms with Crippen molar-refractivity contribution in [3.05, 3.63) is 66.0 Å². The summed E-state index contributed by atoms with van der Waals surface area (Å²) < 4.78 is 22.5. The highest BCUT2D eigenvalue weighted by Gasteiger charge is 2.25. The molecule has 31 heavy (non-hydrogen) atoms. The highest BCUT2D eigenvalue weighted by atomic mass is 127. The van der Waals surface area contributed by atoms with Gasteiger partial charge in [0.15, 0.2) is 5.96 Å². The molecule has 1 aromatic carbocycles. The lowest BCUT2D eigenvalue weighted by Crippen LogP contribution is -2.48. The number of hydrogen-bond acceptors (Lipinski definition) is 4. The van der Waals surface area contributed by atoms with Crippen LogP contribution >= 0.6 is 24.0 Å². The van der Waals surface area contributed by atoms with Crippen LogP contribution in [0.15, 0.2) is 53.9 Å². The smallest absolute Gasteiger partial charge is 0.193 e. The second-order valence-corrected chi connectivity index (χ2v) is 7.20. The minimum absolute atomic E-state index is 0. The monoisotopic (exact) mass is 539 g/mol. The van der Waals surface area contributed by atoms with Gasteiger partial charge in [-0.1, -0.05) is 0 Å². The Balaban J connectivity index is 0.00000272. The van der Waals surface area contributed by atoms with Crippen molar-refractivity contribution in [1.82, 2.24) is 29.8 Å². The molecule has 0 bridgehead atoms. The Kier molecular flexibility index (Phi) is 8.02. The molecule has 1 saturated heterocycles. The quantitative estimate of drug-likeness (QED) is 0.307. The number of nitrogens with zero attached hydrogens (tertiary/aromatic N) is 6. The Bertz CT molecular complexity index is 1000. The fraction of sp³-hybridized carbons (Fsp3) is 0.381. The number of ether oxygens (including phenoxy) is 1. The minimum atomic E-state index is -0.254. The molecule has 1 N–H and O–H groups in total. The number of aromatic nitrogens is 4. The van der Waals surface area contributed by atoms with E-state index in [4.69, 9.17) is 4.74 Å². The number of guanidine groups is 1. The van der Waals surface area contributed by atoms with Gasteiger partial charge in [-0.2, -0.15) is 10.2 Å². The molecule has 2 aromatic heterocycles. The van der Waals surface area contributed by atoms with Crippen LogP contribution in [0, 0.1) is 5.82 Å². The van der Waals surface area contributed by atoms with Gasteiger partial charge in [0.05, 0.1) is 30.7 Å². The highest BCUT2D eigenvalue weighted by Crippen LogP contribution is 2.21. The predicted molar refractivity (Wildman–Crippen MR) is 127 cm³/mol. The molecule has 1 aliphatic rings. The topological polar surface area (TPSA) is 72.5 Å². The van der Waals surface area contributed by atoms with E-state index in [-0.39, 0.29) is 35.9 Å². The Morgan fingerprint density at radius 1 is 1.29 bits per heavy atom. The molecular weight excluding hydrogens is 512 g/mol. The number of hydrogen-bond donors (Lipinski definition) is 1. The maximum atomic E-state index is 13.1. The minimum Gasteiger partial charge on any atom is -0.370 e. The number of rotatable bonds is 5. The van der Waals surface area contributed by atoms with Crippen LogP contribution in [0.4, 0.5) is 4.39 Å². The number of nitrogens with one attached hydrogen (secondary N) is 1. The maximum absolute atomic E-state index is 13.1. The summed E-state index contributed by atoms with van der Waals surface area (Å²) in [7, 11) is 3.70. The second-order valence-electron chi connectivity index (χ2n) is 7.20. The first-order chi connectivity index (χ1) is 14.6. The first-order valence-corrected chi connectivity index (χ1v) is 9.98. The predicted octanol–water partition coefficient (Wildman–Crippen LogP) is 2.55. The molecule has 10 heteroatoms. The molecule has 1 atom stereocenters. The van der Waals surface area contributed by atoms with E-state index in [0.717, 1.165) is 42.4 Å². The SMILES string of the molecule is CN=C(NCCc1ccn(-c2ccc(F)cc2)n1)N1CCOC(c2cnn(C)c2)C1.I. The van der Waals surface area contributed by atoms with Crippen molar-refractivity contribution >= 4 is 29.9 Å². The first-order valence-electron chi connectivity index (χ1n) is 9.98. The largest absolute Gasteiger partial charge is 0.370 e. The third kappa shape index (κ3) is 5.82. The second kappa shape index (κ2) is 10.7. The van der Waals surface area contributed by atoms with Crippen molar-refractivity contribution in [1.29, 1.82) is 0 Å². The number of halogens is 2. The van der Waals surface area contributed by atoms with Crippen molar-refractivity contribution in [3.63, 3.8) is 0 Å². The summed E-state index contributed by atoms with van der Waals surface area (Å²) in [5, 5.41) is 12.2. The lowest BCUT2D eigenvalue weighted by atomic mass is 10.1. The van der Waals surface area contributed by atoms with Gasteiger partial charge in [0.2, 0.25) is 0 Å². The molecule has 1 fully saturated rings. The Morgan fingerprint density at radius 2 is 2.10 bits per heavy atom. The maximum Gasteiger partial charge on any atom is 0.193 e. The summed E-state index contributed by atoms with van der Waals surface area (Å²) in [6, 6.07) is 8.26. The van der Waals surface area contributed by atoms with E-state index in [1.807, 2.05) is 31.7 Å². The van der Waals surface area contributed by atoms with E-state index in [9.17, 15) is 4.39 Å². The summed E-state index contributed by atoms with van der Waals surface area (Å²) in [5.74, 6) is 0.598. The van der Waals surface area contributed by atoms with Gasteiger partial charge in [-0.3, -0.25) is 9.67 Å². The van der Waals surface area contributed by atoms with Crippen molar-refractivity contribution in [2.24, 2.45) is 12.0 Å². The van der Waals surface area contributed by atoms with E-state index in [1.165, 1.54) is 12.1 Å². The average molecular weight is 539 g/mol. The van der Waals surface area contributed by atoms with E-state index < -0.39 is 0 Å². The highest BCUT2D eigenvalue weighted by molar-refractivity contribution is 14.0. The van der Waals surface area contributed by atoms with Gasteiger partial charge in [-0.05, 0) is 30.3 Å². The zero-order valence-corrected chi connectivity index (χ0v) is 19.9. The van der Waals surface area contributed by atoms with Crippen LogP contribution in [0.1, 0.15) is 17.4 Å². The average Bonchev–Trinajstić information content (AvgIpc) is 3.41. The van der Waals surface area contributed by atoms with Crippen molar-refractivity contribution < 1.29 is 9.13 Å². The fourth-order valence-corrected chi connectivity index (χ4v) is 3.52. The Labute approximate surface area is 198 Å². The van der Waals surface area contributed by atoms with Crippen LogP contribution in [-0.2, 0) is 18.2 Å². The van der Waals surface area contributed by atoms with Gasteiger partial charge in [0, 0.05) is 51.6 Å². The van der Waals surface area contributed by atoms with Crippen LogP contribution in [0.5, 0.6) is 0 Å². The molecule has 166 valence electrons. The Hall–Kier alpha value is -2.47. The summed E-state index contributed by atoms with van der Waals surface area (Å²) in [4.78, 5) is 6.64. The lowest BCUT2D eigenvalue weighted by molar-refractivity contribution is -0.00801. The molecular formula is C21H27FIN7O. The third-order valence-corrected chi connectivity index (χ3v) is 5.07. The first kappa shape index (κ1) is 23.2. The standard InChI is InChI=1S/C21H26FN7O.HI/c1-23-21(28-11-12-30-20(15-28)16-13-25-27(2)14-16)24-9-7-18-8-10-29(26-18)19-5-3-17(22)4-6-19;/h3-6,8,10,13-14,20H,7,9,11-12,15H2,1-2H3,(H,23,24);1H. The van der Waals surface area contributed by atoms with Crippen LogP contribution in [0.3, 0.4) is 0 Å². The normalized spacial score (nSPS) is 16.8. The zero-order valence-electron chi connectivity index (χ0n) is 17.6. The van der Waals surface area contributed by atoms with Gasteiger partial charge >= 0.3 is 0 Å². The van der Waals surface area contributed by atoms with Gasteiger partial charge in [0.1, 0.15) is 11.9 Å². The molecule has 0 aliphatic carbocycles. The van der Waals surface area contributed by atoms with Crippen LogP contribution < -0.4 is 5.32 Å². The van der Waals surface area contributed by atoms with E-state index in [2.05, 4.69) is 25.4 Å². The molecule has 3 heterocycles. The molecule has 0 spiro atoms. The number of morpholine rings is 1. The van der Waals surface area contributed by atoms with Gasteiger partial charge in [0.25, 0.3) is 0 Å². The van der Waals surface area contributed by atoms with E-state index in [0.29, 0.717) is 13.2 Å². The van der Waals surface area contributed by atoms with Gasteiger partial charge in [-0.25, -0.2) is 9.07 Å². The molecule has 8 nitrogen and oxygen atoms in total. The molecule has 3 aromatic rings. The molecule has 4 rings (SSSR count). The van der Waals surface area contributed by atoms with Crippen LogP contribution in [0.25, 0.3) is 5.69 Å². The molecule has 0 amide bonds. The summed E-state index contributed by atoms with van der Waals surface area (Å²) >= 11 is 0. The van der Waals surface area contributed by atoms with Gasteiger partial charge in [-0.15, -0.1) is 24.0 Å². The van der Waals surface area contributed by atoms with E-state index >= 15 is 0 Å². The summed E-state index contributed by atoms with van der Waals surface area (Å²) in [5.41, 5.74) is 2.86. The Morgan fingerprint density at radius 3 is 2.81 bits per heavy atom. The van der Waals surface area contributed by atoms with Crippen molar-refractivity contribution in [2.75, 3.05) is 33.3 Å². The van der Waals surface area contributed by atoms with Crippen molar-refractivity contribution in [3.8, 4) is 5.69 Å². The van der Waals surface area contributed by atoms with Crippen LogP contribution in [0.2, 0.25) is 0 Å².